The Bertz CT molecular complexity index is 445. The zero-order valence-electron chi connectivity index (χ0n) is 9.58. The van der Waals surface area contributed by atoms with Crippen molar-refractivity contribution in [2.45, 2.75) is 13.3 Å². The second-order valence-corrected chi connectivity index (χ2v) is 4.45. The lowest BCUT2D eigenvalue weighted by Gasteiger charge is -2.06. The summed E-state index contributed by atoms with van der Waals surface area (Å²) in [5, 5.41) is 2.56. The van der Waals surface area contributed by atoms with E-state index in [1.807, 2.05) is 0 Å². The molecule has 3 nitrogen and oxygen atoms in total. The Labute approximate surface area is 98.7 Å². The van der Waals surface area contributed by atoms with Crippen molar-refractivity contribution in [3.8, 4) is 0 Å². The first-order valence-electron chi connectivity index (χ1n) is 5.58. The molecule has 0 aliphatic heterocycles. The van der Waals surface area contributed by atoms with Gasteiger partial charge in [-0.1, -0.05) is 6.92 Å². The molecule has 92 valence electrons. The van der Waals surface area contributed by atoms with Crippen molar-refractivity contribution in [1.82, 2.24) is 0 Å². The number of anilines is 1. The fourth-order valence-corrected chi connectivity index (χ4v) is 1.64. The molecular weight excluding hydrogens is 224 g/mol. The van der Waals surface area contributed by atoms with Gasteiger partial charge in [-0.25, -0.2) is 8.78 Å². The number of nitrogens with two attached hydrogens (primary N) is 1. The third-order valence-corrected chi connectivity index (χ3v) is 2.96. The number of hydrogen-bond acceptors (Lipinski definition) is 1. The highest BCUT2D eigenvalue weighted by Gasteiger charge is 2.31. The minimum Gasteiger partial charge on any atom is -0.370 e. The normalized spacial score (nSPS) is 23.6. The lowest BCUT2D eigenvalue weighted by Crippen LogP contribution is -2.23. The first-order chi connectivity index (χ1) is 8.06. The summed E-state index contributed by atoms with van der Waals surface area (Å²) in [6.45, 7) is 2.78. The molecule has 1 saturated carbocycles. The average Bonchev–Trinajstić information content (AvgIpc) is 2.97. The van der Waals surface area contributed by atoms with Crippen molar-refractivity contribution in [2.75, 3.05) is 11.9 Å². The van der Waals surface area contributed by atoms with Gasteiger partial charge >= 0.3 is 0 Å². The lowest BCUT2D eigenvalue weighted by molar-refractivity contribution is 0.604. The summed E-state index contributed by atoms with van der Waals surface area (Å²) in [6.07, 6.45) is 1.16. The summed E-state index contributed by atoms with van der Waals surface area (Å²) in [6, 6.07) is 3.16. The molecule has 1 aliphatic carbocycles. The number of hydrogen-bond donors (Lipinski definition) is 2. The third kappa shape index (κ3) is 3.15. The maximum atomic E-state index is 13.3. The zero-order valence-corrected chi connectivity index (χ0v) is 9.58. The van der Waals surface area contributed by atoms with E-state index in [9.17, 15) is 8.78 Å². The highest BCUT2D eigenvalue weighted by Crippen LogP contribution is 2.37. The number of guanidine groups is 1. The Kier molecular flexibility index (Phi) is 3.26. The fourth-order valence-electron chi connectivity index (χ4n) is 1.64. The van der Waals surface area contributed by atoms with Crippen LogP contribution in [0.3, 0.4) is 0 Å². The maximum Gasteiger partial charge on any atom is 0.193 e. The molecule has 0 spiro atoms. The summed E-state index contributed by atoms with van der Waals surface area (Å²) >= 11 is 0. The predicted octanol–water partition coefficient (Wildman–Crippen LogP) is 2.35. The Morgan fingerprint density at radius 2 is 2.24 bits per heavy atom. The summed E-state index contributed by atoms with van der Waals surface area (Å²) in [5.74, 6) is 0.320. The van der Waals surface area contributed by atoms with Crippen molar-refractivity contribution in [1.29, 1.82) is 0 Å². The number of nitrogens with zero attached hydrogens (tertiary/aromatic N) is 1. The van der Waals surface area contributed by atoms with Gasteiger partial charge in [-0.3, -0.25) is 4.99 Å². The van der Waals surface area contributed by atoms with Gasteiger partial charge in [0.25, 0.3) is 0 Å². The van der Waals surface area contributed by atoms with E-state index >= 15 is 0 Å². The van der Waals surface area contributed by atoms with E-state index in [0.29, 0.717) is 18.4 Å². The highest BCUT2D eigenvalue weighted by molar-refractivity contribution is 5.92. The molecule has 0 saturated heterocycles. The van der Waals surface area contributed by atoms with Crippen molar-refractivity contribution in [3.63, 3.8) is 0 Å². The largest absolute Gasteiger partial charge is 0.370 e. The molecule has 3 N–H and O–H groups in total. The monoisotopic (exact) mass is 239 g/mol. The Hall–Kier alpha value is -1.65. The van der Waals surface area contributed by atoms with Gasteiger partial charge in [-0.2, -0.15) is 0 Å². The van der Waals surface area contributed by atoms with Crippen molar-refractivity contribution in [2.24, 2.45) is 22.6 Å². The van der Waals surface area contributed by atoms with E-state index in [2.05, 4.69) is 17.2 Å². The number of benzene rings is 1. The minimum absolute atomic E-state index is 0.00935. The quantitative estimate of drug-likeness (QED) is 0.628. The van der Waals surface area contributed by atoms with E-state index in [1.165, 1.54) is 0 Å². The van der Waals surface area contributed by atoms with Gasteiger partial charge in [0.05, 0.1) is 5.69 Å². The van der Waals surface area contributed by atoms with E-state index < -0.39 is 11.6 Å². The fraction of sp³-hybridized carbons (Fsp3) is 0.417. The molecule has 0 aromatic heterocycles. The molecule has 2 atom stereocenters. The van der Waals surface area contributed by atoms with Gasteiger partial charge in [0.2, 0.25) is 0 Å². The van der Waals surface area contributed by atoms with Crippen LogP contribution < -0.4 is 11.1 Å². The third-order valence-electron chi connectivity index (χ3n) is 2.96. The van der Waals surface area contributed by atoms with Crippen LogP contribution in [0, 0.1) is 23.5 Å². The number of rotatable bonds is 3. The molecule has 0 bridgehead atoms. The van der Waals surface area contributed by atoms with E-state index in [-0.39, 0.29) is 11.6 Å². The van der Waals surface area contributed by atoms with Crippen LogP contribution in [0.4, 0.5) is 14.5 Å². The van der Waals surface area contributed by atoms with Crippen LogP contribution in [-0.2, 0) is 0 Å². The average molecular weight is 239 g/mol. The second kappa shape index (κ2) is 4.69. The standard InChI is InChI=1S/C12H15F2N3/c1-7-4-8(7)6-16-12(15)17-11-5-9(13)2-3-10(11)14/h2-3,5,7-8H,4,6H2,1H3,(H3,15,16,17). The van der Waals surface area contributed by atoms with Crippen LogP contribution >= 0.6 is 0 Å². The van der Waals surface area contributed by atoms with Gasteiger partial charge in [0.15, 0.2) is 5.96 Å². The van der Waals surface area contributed by atoms with Crippen molar-refractivity contribution < 1.29 is 8.78 Å². The van der Waals surface area contributed by atoms with Gasteiger partial charge in [0, 0.05) is 12.6 Å². The van der Waals surface area contributed by atoms with E-state index in [1.54, 1.807) is 0 Å². The summed E-state index contributed by atoms with van der Waals surface area (Å²) < 4.78 is 26.1. The van der Waals surface area contributed by atoms with Crippen molar-refractivity contribution >= 4 is 11.6 Å². The lowest BCUT2D eigenvalue weighted by atomic mass is 10.3. The number of aliphatic imine (C=N–C) groups is 1. The van der Waals surface area contributed by atoms with Gasteiger partial charge in [-0.15, -0.1) is 0 Å². The van der Waals surface area contributed by atoms with Crippen LogP contribution in [0.5, 0.6) is 0 Å². The Morgan fingerprint density at radius 1 is 1.53 bits per heavy atom. The summed E-state index contributed by atoms with van der Waals surface area (Å²) in [4.78, 5) is 4.10. The molecule has 1 aliphatic rings. The Balaban J connectivity index is 1.97. The predicted molar refractivity (Wildman–Crippen MR) is 63.7 cm³/mol. The first-order valence-corrected chi connectivity index (χ1v) is 5.58. The van der Waals surface area contributed by atoms with Crippen LogP contribution in [0.1, 0.15) is 13.3 Å². The Morgan fingerprint density at radius 3 is 2.88 bits per heavy atom. The topological polar surface area (TPSA) is 50.4 Å². The molecule has 5 heteroatoms. The molecule has 1 aromatic carbocycles. The van der Waals surface area contributed by atoms with Gasteiger partial charge in [-0.05, 0) is 30.4 Å². The second-order valence-electron chi connectivity index (χ2n) is 4.45. The van der Waals surface area contributed by atoms with Crippen LogP contribution in [-0.4, -0.2) is 12.5 Å². The molecule has 0 amide bonds. The minimum atomic E-state index is -0.552. The number of nitrogens with one attached hydrogen (secondary N) is 1. The van der Waals surface area contributed by atoms with E-state index in [0.717, 1.165) is 24.6 Å². The summed E-state index contributed by atoms with van der Waals surface area (Å²) in [7, 11) is 0. The molecule has 0 heterocycles. The molecule has 17 heavy (non-hydrogen) atoms. The maximum absolute atomic E-state index is 13.3. The molecule has 1 fully saturated rings. The van der Waals surface area contributed by atoms with E-state index in [4.69, 9.17) is 5.73 Å². The van der Waals surface area contributed by atoms with Crippen LogP contribution in [0.25, 0.3) is 0 Å². The smallest absolute Gasteiger partial charge is 0.193 e. The summed E-state index contributed by atoms with van der Waals surface area (Å²) in [5.41, 5.74) is 5.61. The van der Waals surface area contributed by atoms with Crippen LogP contribution in [0.15, 0.2) is 23.2 Å². The molecule has 1 aromatic rings. The number of halogens is 2. The van der Waals surface area contributed by atoms with Gasteiger partial charge in [0.1, 0.15) is 11.6 Å². The first kappa shape index (κ1) is 11.8. The SMILES string of the molecule is CC1CC1CN=C(N)Nc1cc(F)ccc1F. The molecule has 2 rings (SSSR count). The highest BCUT2D eigenvalue weighted by atomic mass is 19.1. The van der Waals surface area contributed by atoms with Crippen LogP contribution in [0.2, 0.25) is 0 Å². The molecule has 2 unspecified atom stereocenters. The van der Waals surface area contributed by atoms with Gasteiger partial charge < -0.3 is 11.1 Å². The molecular formula is C12H15F2N3. The molecule has 0 radical (unpaired) electrons. The zero-order chi connectivity index (χ0) is 12.4. The van der Waals surface area contributed by atoms with Crippen molar-refractivity contribution in [3.05, 3.63) is 29.8 Å².